The summed E-state index contributed by atoms with van der Waals surface area (Å²) < 4.78 is 8.23. The van der Waals surface area contributed by atoms with E-state index in [1.54, 1.807) is 6.20 Å². The van der Waals surface area contributed by atoms with Crippen LogP contribution in [0.3, 0.4) is 0 Å². The van der Waals surface area contributed by atoms with E-state index in [1.807, 2.05) is 29.9 Å². The highest BCUT2D eigenvalue weighted by Gasteiger charge is 2.10. The van der Waals surface area contributed by atoms with Gasteiger partial charge in [-0.2, -0.15) is 0 Å². The molecular formula is C11H14BrN3O. The molecule has 0 aliphatic rings. The molecule has 2 heterocycles. The van der Waals surface area contributed by atoms with E-state index in [0.29, 0.717) is 0 Å². The van der Waals surface area contributed by atoms with Crippen LogP contribution >= 0.6 is 15.9 Å². The fourth-order valence-corrected chi connectivity index (χ4v) is 1.79. The van der Waals surface area contributed by atoms with Crippen LogP contribution in [0.4, 0.5) is 0 Å². The molecule has 1 unspecified atom stereocenters. The number of hydrogen-bond donors (Lipinski definition) is 1. The van der Waals surface area contributed by atoms with Crippen molar-refractivity contribution >= 4 is 15.9 Å². The molecule has 5 heteroatoms. The Morgan fingerprint density at radius 2 is 2.38 bits per heavy atom. The van der Waals surface area contributed by atoms with Gasteiger partial charge in [0.1, 0.15) is 11.6 Å². The van der Waals surface area contributed by atoms with Crippen molar-refractivity contribution in [1.29, 1.82) is 0 Å². The van der Waals surface area contributed by atoms with Gasteiger partial charge in [0, 0.05) is 19.4 Å². The minimum atomic E-state index is 0.169. The van der Waals surface area contributed by atoms with Crippen molar-refractivity contribution < 1.29 is 4.42 Å². The van der Waals surface area contributed by atoms with Crippen LogP contribution in [-0.2, 0) is 13.6 Å². The Bertz CT molecular complexity index is 463. The number of nitrogens with one attached hydrogen (secondary N) is 1. The Kier molecular flexibility index (Phi) is 3.46. The Labute approximate surface area is 103 Å². The second-order valence-corrected chi connectivity index (χ2v) is 4.48. The van der Waals surface area contributed by atoms with Gasteiger partial charge in [-0.15, -0.1) is 0 Å². The number of furan rings is 1. The summed E-state index contributed by atoms with van der Waals surface area (Å²) in [7, 11) is 1.98. The topological polar surface area (TPSA) is 43.0 Å². The first-order valence-electron chi connectivity index (χ1n) is 5.11. The molecule has 4 nitrogen and oxygen atoms in total. The molecule has 2 aromatic rings. The molecule has 2 rings (SSSR count). The second kappa shape index (κ2) is 4.84. The minimum Gasteiger partial charge on any atom is -0.453 e. The predicted molar refractivity (Wildman–Crippen MR) is 64.9 cm³/mol. The van der Waals surface area contributed by atoms with Crippen molar-refractivity contribution in [2.45, 2.75) is 19.5 Å². The van der Waals surface area contributed by atoms with Gasteiger partial charge in [-0.1, -0.05) is 0 Å². The lowest BCUT2D eigenvalue weighted by Gasteiger charge is -2.10. The molecule has 0 bridgehead atoms. The summed E-state index contributed by atoms with van der Waals surface area (Å²) in [4.78, 5) is 4.25. The number of aromatic nitrogens is 2. The van der Waals surface area contributed by atoms with Gasteiger partial charge in [0.2, 0.25) is 0 Å². The molecule has 1 N–H and O–H groups in total. The highest BCUT2D eigenvalue weighted by Crippen LogP contribution is 2.20. The van der Waals surface area contributed by atoms with Crippen molar-refractivity contribution in [2.24, 2.45) is 7.05 Å². The number of nitrogens with zero attached hydrogens (tertiary/aromatic N) is 2. The van der Waals surface area contributed by atoms with Crippen LogP contribution in [-0.4, -0.2) is 9.55 Å². The number of imidazole rings is 1. The van der Waals surface area contributed by atoms with E-state index in [2.05, 4.69) is 33.2 Å². The van der Waals surface area contributed by atoms with E-state index in [-0.39, 0.29) is 6.04 Å². The first kappa shape index (κ1) is 11.4. The largest absolute Gasteiger partial charge is 0.453 e. The van der Waals surface area contributed by atoms with Gasteiger partial charge >= 0.3 is 0 Å². The molecule has 0 amide bonds. The zero-order valence-corrected chi connectivity index (χ0v) is 10.9. The van der Waals surface area contributed by atoms with Gasteiger partial charge in [-0.05, 0) is 35.0 Å². The molecule has 86 valence electrons. The molecule has 0 fully saturated rings. The smallest absolute Gasteiger partial charge is 0.169 e. The fraction of sp³-hybridized carbons (Fsp3) is 0.364. The Balaban J connectivity index is 1.93. The maximum atomic E-state index is 5.47. The molecule has 2 aromatic heterocycles. The van der Waals surface area contributed by atoms with E-state index < -0.39 is 0 Å². The monoisotopic (exact) mass is 283 g/mol. The number of aryl methyl sites for hydroxylation is 1. The zero-order chi connectivity index (χ0) is 11.5. The summed E-state index contributed by atoms with van der Waals surface area (Å²) in [6.45, 7) is 2.79. The van der Waals surface area contributed by atoms with E-state index in [0.717, 1.165) is 22.8 Å². The Hall–Kier alpha value is -1.07. The quantitative estimate of drug-likeness (QED) is 0.938. The third-order valence-electron chi connectivity index (χ3n) is 2.51. The van der Waals surface area contributed by atoms with Crippen LogP contribution in [0.25, 0.3) is 0 Å². The SMILES string of the molecule is CC(NCc1nccn1C)c1ccc(Br)o1. The van der Waals surface area contributed by atoms with Crippen LogP contribution in [0.15, 0.2) is 33.6 Å². The Morgan fingerprint density at radius 1 is 1.56 bits per heavy atom. The molecule has 0 spiro atoms. The van der Waals surface area contributed by atoms with Crippen molar-refractivity contribution in [1.82, 2.24) is 14.9 Å². The summed E-state index contributed by atoms with van der Waals surface area (Å²) in [6, 6.07) is 4.03. The lowest BCUT2D eigenvalue weighted by molar-refractivity contribution is 0.413. The lowest BCUT2D eigenvalue weighted by atomic mass is 10.2. The Morgan fingerprint density at radius 3 is 2.94 bits per heavy atom. The standard InChI is InChI=1S/C11H14BrN3O/c1-8(9-3-4-10(12)16-9)14-7-11-13-5-6-15(11)2/h3-6,8,14H,7H2,1-2H3. The maximum Gasteiger partial charge on any atom is 0.169 e. The van der Waals surface area contributed by atoms with Crippen molar-refractivity contribution in [3.8, 4) is 0 Å². The van der Waals surface area contributed by atoms with E-state index in [4.69, 9.17) is 4.42 Å². The second-order valence-electron chi connectivity index (χ2n) is 3.70. The maximum absolute atomic E-state index is 5.47. The van der Waals surface area contributed by atoms with Crippen LogP contribution in [0.1, 0.15) is 24.6 Å². The van der Waals surface area contributed by atoms with Crippen molar-refractivity contribution in [3.05, 3.63) is 40.8 Å². The summed E-state index contributed by atoms with van der Waals surface area (Å²) >= 11 is 3.29. The number of rotatable bonds is 4. The van der Waals surface area contributed by atoms with Gasteiger partial charge < -0.3 is 14.3 Å². The van der Waals surface area contributed by atoms with Crippen LogP contribution in [0.2, 0.25) is 0 Å². The summed E-state index contributed by atoms with van der Waals surface area (Å²) in [5.74, 6) is 1.93. The molecule has 1 atom stereocenters. The van der Waals surface area contributed by atoms with Crippen LogP contribution in [0.5, 0.6) is 0 Å². The first-order valence-corrected chi connectivity index (χ1v) is 5.91. The van der Waals surface area contributed by atoms with Crippen LogP contribution < -0.4 is 5.32 Å². The first-order chi connectivity index (χ1) is 7.66. The summed E-state index contributed by atoms with van der Waals surface area (Å²) in [5, 5.41) is 3.36. The zero-order valence-electron chi connectivity index (χ0n) is 9.27. The van der Waals surface area contributed by atoms with Gasteiger partial charge in [0.05, 0.1) is 12.6 Å². The highest BCUT2D eigenvalue weighted by atomic mass is 79.9. The molecule has 0 aliphatic heterocycles. The normalized spacial score (nSPS) is 12.9. The molecule has 0 saturated heterocycles. The van der Waals surface area contributed by atoms with E-state index in [1.165, 1.54) is 0 Å². The highest BCUT2D eigenvalue weighted by molar-refractivity contribution is 9.10. The third-order valence-corrected chi connectivity index (χ3v) is 2.93. The summed E-state index contributed by atoms with van der Waals surface area (Å²) in [6.07, 6.45) is 3.73. The predicted octanol–water partition coefficient (Wildman–Crippen LogP) is 2.63. The van der Waals surface area contributed by atoms with Crippen LogP contribution in [0, 0.1) is 0 Å². The van der Waals surface area contributed by atoms with E-state index >= 15 is 0 Å². The fourth-order valence-electron chi connectivity index (χ4n) is 1.47. The van der Waals surface area contributed by atoms with Gasteiger partial charge in [0.25, 0.3) is 0 Å². The molecule has 16 heavy (non-hydrogen) atoms. The minimum absolute atomic E-state index is 0.169. The molecular weight excluding hydrogens is 270 g/mol. The molecule has 0 aromatic carbocycles. The molecule has 0 radical (unpaired) electrons. The van der Waals surface area contributed by atoms with Gasteiger partial charge in [0.15, 0.2) is 4.67 Å². The molecule has 0 saturated carbocycles. The summed E-state index contributed by atoms with van der Waals surface area (Å²) in [5.41, 5.74) is 0. The van der Waals surface area contributed by atoms with Gasteiger partial charge in [-0.3, -0.25) is 0 Å². The number of halogens is 1. The average molecular weight is 284 g/mol. The third kappa shape index (κ3) is 2.54. The van der Waals surface area contributed by atoms with Crippen molar-refractivity contribution in [3.63, 3.8) is 0 Å². The average Bonchev–Trinajstić information content (AvgIpc) is 2.84. The van der Waals surface area contributed by atoms with Gasteiger partial charge in [-0.25, -0.2) is 4.98 Å². The lowest BCUT2D eigenvalue weighted by Crippen LogP contribution is -2.19. The molecule has 0 aliphatic carbocycles. The number of hydrogen-bond acceptors (Lipinski definition) is 3. The van der Waals surface area contributed by atoms with Crippen molar-refractivity contribution in [2.75, 3.05) is 0 Å². The van der Waals surface area contributed by atoms with E-state index in [9.17, 15) is 0 Å².